The third-order valence-corrected chi connectivity index (χ3v) is 5.85. The van der Waals surface area contributed by atoms with Gasteiger partial charge >= 0.3 is 0 Å². The largest absolute Gasteiger partial charge is 0.494 e. The maximum absolute atomic E-state index is 12.6. The zero-order valence-electron chi connectivity index (χ0n) is 15.1. The average molecular weight is 369 g/mol. The molecule has 0 bridgehead atoms. The summed E-state index contributed by atoms with van der Waals surface area (Å²) >= 11 is 1.56. The molecular formula is C21H24N2O2S. The number of rotatable bonds is 6. The number of carbonyl (C=O) groups excluding carboxylic acids is 1. The van der Waals surface area contributed by atoms with Crippen molar-refractivity contribution in [1.82, 2.24) is 0 Å². The standard InChI is InChI=1S/C21H24N2O2S/c1-2-3-13-25-16-11-9-15(10-12-16)20(24)23-21-18(14-22)17-7-5-4-6-8-19(17)26-21/h9-12H,2-8,13H2,1H3,(H,23,24). The molecule has 4 nitrogen and oxygen atoms in total. The Balaban J connectivity index is 1.71. The zero-order chi connectivity index (χ0) is 18.4. The summed E-state index contributed by atoms with van der Waals surface area (Å²) in [6.45, 7) is 2.81. The highest BCUT2D eigenvalue weighted by molar-refractivity contribution is 7.16. The summed E-state index contributed by atoms with van der Waals surface area (Å²) in [4.78, 5) is 13.8. The highest BCUT2D eigenvalue weighted by Crippen LogP contribution is 2.37. The van der Waals surface area contributed by atoms with Gasteiger partial charge in [-0.3, -0.25) is 4.79 Å². The number of nitrogens with one attached hydrogen (secondary N) is 1. The minimum absolute atomic E-state index is 0.182. The van der Waals surface area contributed by atoms with Gasteiger partial charge in [0.05, 0.1) is 12.2 Å². The Morgan fingerprint density at radius 2 is 2.00 bits per heavy atom. The molecule has 2 aromatic rings. The number of hydrogen-bond donors (Lipinski definition) is 1. The number of anilines is 1. The van der Waals surface area contributed by atoms with E-state index in [0.717, 1.165) is 49.8 Å². The monoisotopic (exact) mass is 368 g/mol. The van der Waals surface area contributed by atoms with E-state index < -0.39 is 0 Å². The maximum atomic E-state index is 12.6. The summed E-state index contributed by atoms with van der Waals surface area (Å²) in [5.74, 6) is 0.591. The fourth-order valence-electron chi connectivity index (χ4n) is 3.16. The van der Waals surface area contributed by atoms with Crippen molar-refractivity contribution in [2.75, 3.05) is 11.9 Å². The summed E-state index contributed by atoms with van der Waals surface area (Å²) in [6, 6.07) is 9.47. The van der Waals surface area contributed by atoms with Crippen molar-refractivity contribution in [1.29, 1.82) is 5.26 Å². The van der Waals surface area contributed by atoms with Crippen LogP contribution in [0.15, 0.2) is 24.3 Å². The van der Waals surface area contributed by atoms with Crippen LogP contribution < -0.4 is 10.1 Å². The summed E-state index contributed by atoms with van der Waals surface area (Å²) in [7, 11) is 0. The molecule has 1 heterocycles. The van der Waals surface area contributed by atoms with Crippen LogP contribution in [0.4, 0.5) is 5.00 Å². The average Bonchev–Trinajstić information content (AvgIpc) is 2.82. The Bertz CT molecular complexity index is 803. The molecule has 5 heteroatoms. The molecule has 1 aliphatic rings. The molecule has 3 rings (SSSR count). The van der Waals surface area contributed by atoms with Gasteiger partial charge in [-0.2, -0.15) is 5.26 Å². The van der Waals surface area contributed by atoms with Crippen molar-refractivity contribution in [3.8, 4) is 11.8 Å². The number of nitriles is 1. The number of carbonyl (C=O) groups is 1. The summed E-state index contributed by atoms with van der Waals surface area (Å²) in [6.07, 6.45) is 7.54. The van der Waals surface area contributed by atoms with Crippen LogP contribution in [0.5, 0.6) is 5.75 Å². The minimum Gasteiger partial charge on any atom is -0.494 e. The first-order valence-electron chi connectivity index (χ1n) is 9.31. The number of amides is 1. The van der Waals surface area contributed by atoms with Crippen LogP contribution in [-0.4, -0.2) is 12.5 Å². The summed E-state index contributed by atoms with van der Waals surface area (Å²) in [5.41, 5.74) is 2.37. The molecule has 0 saturated heterocycles. The van der Waals surface area contributed by atoms with E-state index in [9.17, 15) is 10.1 Å². The molecule has 0 aliphatic heterocycles. The molecule has 0 spiro atoms. The van der Waals surface area contributed by atoms with E-state index in [2.05, 4.69) is 18.3 Å². The van der Waals surface area contributed by atoms with Gasteiger partial charge in [-0.25, -0.2) is 0 Å². The first-order chi connectivity index (χ1) is 12.7. The van der Waals surface area contributed by atoms with Crippen LogP contribution in [0.2, 0.25) is 0 Å². The van der Waals surface area contributed by atoms with E-state index in [0.29, 0.717) is 22.7 Å². The van der Waals surface area contributed by atoms with Crippen LogP contribution in [-0.2, 0) is 12.8 Å². The van der Waals surface area contributed by atoms with Gasteiger partial charge in [0.1, 0.15) is 16.8 Å². The van der Waals surface area contributed by atoms with Gasteiger partial charge in [-0.05, 0) is 61.9 Å². The highest BCUT2D eigenvalue weighted by atomic mass is 32.1. The van der Waals surface area contributed by atoms with Crippen molar-refractivity contribution in [2.45, 2.75) is 51.9 Å². The van der Waals surface area contributed by atoms with Crippen molar-refractivity contribution < 1.29 is 9.53 Å². The zero-order valence-corrected chi connectivity index (χ0v) is 16.0. The number of thiophene rings is 1. The highest BCUT2D eigenvalue weighted by Gasteiger charge is 2.21. The number of benzene rings is 1. The number of fused-ring (bicyclic) bond motifs is 1. The normalized spacial score (nSPS) is 13.4. The van der Waals surface area contributed by atoms with Gasteiger partial charge in [-0.1, -0.05) is 19.8 Å². The molecule has 1 N–H and O–H groups in total. The number of nitrogens with zero attached hydrogens (tertiary/aromatic N) is 1. The molecule has 0 radical (unpaired) electrons. The van der Waals surface area contributed by atoms with Crippen molar-refractivity contribution in [3.63, 3.8) is 0 Å². The Morgan fingerprint density at radius 1 is 1.23 bits per heavy atom. The van der Waals surface area contributed by atoms with Crippen LogP contribution >= 0.6 is 11.3 Å². The molecule has 1 aromatic carbocycles. The van der Waals surface area contributed by atoms with E-state index >= 15 is 0 Å². The predicted octanol–water partition coefficient (Wildman–Crippen LogP) is 5.32. The third kappa shape index (κ3) is 4.25. The van der Waals surface area contributed by atoms with Crippen molar-refractivity contribution in [2.24, 2.45) is 0 Å². The van der Waals surface area contributed by atoms with Gasteiger partial charge in [0.2, 0.25) is 0 Å². The van der Waals surface area contributed by atoms with E-state index in [-0.39, 0.29) is 5.91 Å². The fourth-order valence-corrected chi connectivity index (χ4v) is 4.40. The number of aryl methyl sites for hydroxylation is 1. The van der Waals surface area contributed by atoms with E-state index in [1.54, 1.807) is 23.5 Å². The van der Waals surface area contributed by atoms with Crippen molar-refractivity contribution >= 4 is 22.2 Å². The van der Waals surface area contributed by atoms with Gasteiger partial charge < -0.3 is 10.1 Å². The second-order valence-electron chi connectivity index (χ2n) is 6.56. The lowest BCUT2D eigenvalue weighted by atomic mass is 10.1. The van der Waals surface area contributed by atoms with Gasteiger partial charge in [0.15, 0.2) is 0 Å². The Hall–Kier alpha value is -2.32. The van der Waals surface area contributed by atoms with Crippen molar-refractivity contribution in [3.05, 3.63) is 45.8 Å². The van der Waals surface area contributed by atoms with Gasteiger partial charge in [0.25, 0.3) is 5.91 Å². The summed E-state index contributed by atoms with van der Waals surface area (Å²) in [5, 5.41) is 13.2. The summed E-state index contributed by atoms with van der Waals surface area (Å²) < 4.78 is 5.63. The van der Waals surface area contributed by atoms with Crippen LogP contribution in [0.1, 0.15) is 65.4 Å². The lowest BCUT2D eigenvalue weighted by Gasteiger charge is -2.07. The molecule has 1 aromatic heterocycles. The first kappa shape index (κ1) is 18.5. The first-order valence-corrected chi connectivity index (χ1v) is 10.1. The lowest BCUT2D eigenvalue weighted by Crippen LogP contribution is -2.11. The van der Waals surface area contributed by atoms with Crippen LogP contribution in [0.3, 0.4) is 0 Å². The molecule has 0 saturated carbocycles. The second-order valence-corrected chi connectivity index (χ2v) is 7.67. The van der Waals surface area contributed by atoms with Gasteiger partial charge in [0, 0.05) is 10.4 Å². The number of hydrogen-bond acceptors (Lipinski definition) is 4. The lowest BCUT2D eigenvalue weighted by molar-refractivity contribution is 0.102. The van der Waals surface area contributed by atoms with E-state index in [1.165, 1.54) is 11.3 Å². The molecule has 136 valence electrons. The van der Waals surface area contributed by atoms with Gasteiger partial charge in [-0.15, -0.1) is 11.3 Å². The van der Waals surface area contributed by atoms with Crippen LogP contribution in [0, 0.1) is 11.3 Å². The Kier molecular flexibility index (Phi) is 6.30. The maximum Gasteiger partial charge on any atom is 0.256 e. The topological polar surface area (TPSA) is 62.1 Å². The smallest absolute Gasteiger partial charge is 0.256 e. The minimum atomic E-state index is -0.182. The molecule has 0 atom stereocenters. The quantitative estimate of drug-likeness (QED) is 0.554. The Morgan fingerprint density at radius 3 is 2.73 bits per heavy atom. The molecule has 1 aliphatic carbocycles. The Labute approximate surface area is 158 Å². The molecule has 26 heavy (non-hydrogen) atoms. The SMILES string of the molecule is CCCCOc1ccc(C(=O)Nc2sc3c(c2C#N)CCCCC3)cc1. The molecule has 0 fully saturated rings. The predicted molar refractivity (Wildman–Crippen MR) is 105 cm³/mol. The van der Waals surface area contributed by atoms with Crippen LogP contribution in [0.25, 0.3) is 0 Å². The fraction of sp³-hybridized carbons (Fsp3) is 0.429. The molecular weight excluding hydrogens is 344 g/mol. The number of unbranched alkanes of at least 4 members (excludes halogenated alkanes) is 1. The third-order valence-electron chi connectivity index (χ3n) is 4.64. The molecule has 0 unspecified atom stereocenters. The van der Waals surface area contributed by atoms with E-state index in [1.807, 2.05) is 12.1 Å². The number of ether oxygens (including phenoxy) is 1. The van der Waals surface area contributed by atoms with E-state index in [4.69, 9.17) is 4.74 Å². The molecule has 1 amide bonds. The second kappa shape index (κ2) is 8.86.